The zero-order chi connectivity index (χ0) is 10.2. The normalized spacial score (nSPS) is 40.1. The molecule has 2 N–H and O–H groups in total. The second-order valence-corrected chi connectivity index (χ2v) is 4.95. The lowest BCUT2D eigenvalue weighted by atomic mass is 9.50. The van der Waals surface area contributed by atoms with Crippen molar-refractivity contribution in [1.29, 1.82) is 0 Å². The topological polar surface area (TPSA) is 52.3 Å². The molecule has 2 aliphatic rings. The van der Waals surface area contributed by atoms with Crippen molar-refractivity contribution in [1.82, 2.24) is 0 Å². The quantitative estimate of drug-likeness (QED) is 0.697. The molecule has 0 unspecified atom stereocenters. The van der Waals surface area contributed by atoms with Crippen LogP contribution >= 0.6 is 0 Å². The Kier molecular flexibility index (Phi) is 2.52. The lowest BCUT2D eigenvalue weighted by Gasteiger charge is -2.57. The second kappa shape index (κ2) is 3.54. The molecule has 3 nitrogen and oxygen atoms in total. The van der Waals surface area contributed by atoms with Crippen LogP contribution in [0.25, 0.3) is 0 Å². The number of nitrogens with two attached hydrogens (primary N) is 1. The van der Waals surface area contributed by atoms with Crippen LogP contribution in [0, 0.1) is 11.3 Å². The van der Waals surface area contributed by atoms with Crippen LogP contribution < -0.4 is 5.73 Å². The maximum atomic E-state index is 11.2. The maximum Gasteiger partial charge on any atom is 0.306 e. The van der Waals surface area contributed by atoms with Crippen LogP contribution in [0.3, 0.4) is 0 Å². The Labute approximate surface area is 85.0 Å². The van der Waals surface area contributed by atoms with Gasteiger partial charge in [-0.05, 0) is 43.9 Å². The summed E-state index contributed by atoms with van der Waals surface area (Å²) in [6.07, 6.45) is 5.35. The van der Waals surface area contributed by atoms with Crippen molar-refractivity contribution in [3.63, 3.8) is 0 Å². The summed E-state index contributed by atoms with van der Waals surface area (Å²) in [5.74, 6) is 0.539. The molecule has 0 bridgehead atoms. The molecule has 80 valence electrons. The molecule has 0 atom stereocenters. The Balaban J connectivity index is 1.66. The van der Waals surface area contributed by atoms with Crippen LogP contribution in [0.1, 0.15) is 39.0 Å². The fourth-order valence-electron chi connectivity index (χ4n) is 3.15. The van der Waals surface area contributed by atoms with Gasteiger partial charge in [0.05, 0.1) is 6.61 Å². The lowest BCUT2D eigenvalue weighted by Crippen LogP contribution is -2.53. The standard InChI is InChI=1S/C11H19NO2/c1-2-14-10(13)3-8-4-11(5-8)6-9(12)7-11/h8-9H,2-7,12H2,1H3. The zero-order valence-electron chi connectivity index (χ0n) is 8.79. The van der Waals surface area contributed by atoms with E-state index in [2.05, 4.69) is 0 Å². The first kappa shape index (κ1) is 9.97. The van der Waals surface area contributed by atoms with Gasteiger partial charge in [0.2, 0.25) is 0 Å². The van der Waals surface area contributed by atoms with Crippen molar-refractivity contribution in [2.45, 2.75) is 45.1 Å². The summed E-state index contributed by atoms with van der Waals surface area (Å²) in [6.45, 7) is 2.35. The minimum absolute atomic E-state index is 0.0315. The number of rotatable bonds is 3. The smallest absolute Gasteiger partial charge is 0.306 e. The fraction of sp³-hybridized carbons (Fsp3) is 0.909. The zero-order valence-corrected chi connectivity index (χ0v) is 8.79. The van der Waals surface area contributed by atoms with E-state index in [4.69, 9.17) is 10.5 Å². The summed E-state index contributed by atoms with van der Waals surface area (Å²) in [4.78, 5) is 11.2. The summed E-state index contributed by atoms with van der Waals surface area (Å²) in [5, 5.41) is 0. The van der Waals surface area contributed by atoms with Gasteiger partial charge in [-0.15, -0.1) is 0 Å². The third-order valence-electron chi connectivity index (χ3n) is 3.59. The van der Waals surface area contributed by atoms with Crippen molar-refractivity contribution in [2.24, 2.45) is 17.1 Å². The van der Waals surface area contributed by atoms with Gasteiger partial charge in [-0.1, -0.05) is 0 Å². The number of carbonyl (C=O) groups is 1. The molecule has 0 radical (unpaired) electrons. The lowest BCUT2D eigenvalue weighted by molar-refractivity contribution is -0.147. The Morgan fingerprint density at radius 3 is 2.57 bits per heavy atom. The Bertz CT molecular complexity index is 225. The molecule has 3 heteroatoms. The van der Waals surface area contributed by atoms with E-state index < -0.39 is 0 Å². The van der Waals surface area contributed by atoms with Crippen molar-refractivity contribution >= 4 is 5.97 Å². The molecular weight excluding hydrogens is 178 g/mol. The van der Waals surface area contributed by atoms with Crippen LogP contribution in [-0.2, 0) is 9.53 Å². The summed E-state index contributed by atoms with van der Waals surface area (Å²) < 4.78 is 4.93. The summed E-state index contributed by atoms with van der Waals surface area (Å²) in [5.41, 5.74) is 6.30. The van der Waals surface area contributed by atoms with Crippen LogP contribution in [0.15, 0.2) is 0 Å². The molecule has 2 rings (SSSR count). The number of esters is 1. The molecule has 1 spiro atoms. The van der Waals surface area contributed by atoms with Gasteiger partial charge in [-0.2, -0.15) is 0 Å². The Morgan fingerprint density at radius 2 is 2.07 bits per heavy atom. The Hall–Kier alpha value is -0.570. The summed E-state index contributed by atoms with van der Waals surface area (Å²) >= 11 is 0. The predicted molar refractivity (Wildman–Crippen MR) is 53.6 cm³/mol. The largest absolute Gasteiger partial charge is 0.466 e. The van der Waals surface area contributed by atoms with Gasteiger partial charge in [0.1, 0.15) is 0 Å². The van der Waals surface area contributed by atoms with Crippen LogP contribution in [-0.4, -0.2) is 18.6 Å². The van der Waals surface area contributed by atoms with Crippen molar-refractivity contribution < 1.29 is 9.53 Å². The van der Waals surface area contributed by atoms with E-state index in [1.165, 1.54) is 25.7 Å². The molecule has 0 aromatic heterocycles. The first-order valence-electron chi connectivity index (χ1n) is 5.55. The van der Waals surface area contributed by atoms with Gasteiger partial charge < -0.3 is 10.5 Å². The molecule has 0 saturated heterocycles. The van der Waals surface area contributed by atoms with Crippen molar-refractivity contribution in [2.75, 3.05) is 6.61 Å². The van der Waals surface area contributed by atoms with E-state index in [-0.39, 0.29) is 5.97 Å². The molecule has 0 aromatic carbocycles. The maximum absolute atomic E-state index is 11.2. The molecule has 0 heterocycles. The van der Waals surface area contributed by atoms with Gasteiger partial charge in [-0.25, -0.2) is 0 Å². The van der Waals surface area contributed by atoms with Crippen LogP contribution in [0.4, 0.5) is 0 Å². The number of ether oxygens (including phenoxy) is 1. The van der Waals surface area contributed by atoms with E-state index in [1.807, 2.05) is 6.92 Å². The molecule has 2 aliphatic carbocycles. The molecule has 0 aliphatic heterocycles. The Morgan fingerprint density at radius 1 is 1.43 bits per heavy atom. The third-order valence-corrected chi connectivity index (χ3v) is 3.59. The van der Waals surface area contributed by atoms with Gasteiger partial charge in [0.15, 0.2) is 0 Å². The van der Waals surface area contributed by atoms with E-state index in [1.54, 1.807) is 0 Å². The first-order valence-corrected chi connectivity index (χ1v) is 5.55. The molecule has 2 fully saturated rings. The second-order valence-electron chi connectivity index (χ2n) is 4.95. The minimum Gasteiger partial charge on any atom is -0.466 e. The third kappa shape index (κ3) is 1.78. The average molecular weight is 197 g/mol. The van der Waals surface area contributed by atoms with E-state index in [0.29, 0.717) is 30.4 Å². The minimum atomic E-state index is -0.0315. The average Bonchev–Trinajstić information content (AvgIpc) is 1.98. The summed E-state index contributed by atoms with van der Waals surface area (Å²) in [6, 6.07) is 0.429. The highest BCUT2D eigenvalue weighted by Gasteiger charge is 2.51. The summed E-state index contributed by atoms with van der Waals surface area (Å²) in [7, 11) is 0. The number of carbonyl (C=O) groups excluding carboxylic acids is 1. The van der Waals surface area contributed by atoms with Crippen molar-refractivity contribution in [3.8, 4) is 0 Å². The van der Waals surface area contributed by atoms with E-state index in [0.717, 1.165) is 0 Å². The van der Waals surface area contributed by atoms with Crippen LogP contribution in [0.5, 0.6) is 0 Å². The van der Waals surface area contributed by atoms with Gasteiger partial charge in [-0.3, -0.25) is 4.79 Å². The molecule has 2 saturated carbocycles. The van der Waals surface area contributed by atoms with Crippen molar-refractivity contribution in [3.05, 3.63) is 0 Å². The number of hydrogen-bond donors (Lipinski definition) is 1. The highest BCUT2D eigenvalue weighted by Crippen LogP contribution is 2.58. The van der Waals surface area contributed by atoms with Gasteiger partial charge >= 0.3 is 5.97 Å². The highest BCUT2D eigenvalue weighted by molar-refractivity contribution is 5.69. The monoisotopic (exact) mass is 197 g/mol. The molecule has 0 aromatic rings. The highest BCUT2D eigenvalue weighted by atomic mass is 16.5. The molecule has 0 amide bonds. The van der Waals surface area contributed by atoms with Gasteiger partial charge in [0.25, 0.3) is 0 Å². The van der Waals surface area contributed by atoms with E-state index >= 15 is 0 Å². The molecular formula is C11H19NO2. The van der Waals surface area contributed by atoms with Gasteiger partial charge in [0, 0.05) is 12.5 Å². The van der Waals surface area contributed by atoms with Crippen LogP contribution in [0.2, 0.25) is 0 Å². The number of hydrogen-bond acceptors (Lipinski definition) is 3. The first-order chi connectivity index (χ1) is 6.63. The molecule has 14 heavy (non-hydrogen) atoms. The van der Waals surface area contributed by atoms with E-state index in [9.17, 15) is 4.79 Å². The predicted octanol–water partition coefficient (Wildman–Crippen LogP) is 1.46. The SMILES string of the molecule is CCOC(=O)CC1CC2(CC(N)C2)C1. The fourth-order valence-corrected chi connectivity index (χ4v) is 3.15.